The minimum absolute atomic E-state index is 0.0920. The van der Waals surface area contributed by atoms with Crippen LogP contribution in [0.2, 0.25) is 0 Å². The highest BCUT2D eigenvalue weighted by molar-refractivity contribution is 5.94. The molecule has 6 heteroatoms. The van der Waals surface area contributed by atoms with Gasteiger partial charge in [0.05, 0.1) is 23.1 Å². The van der Waals surface area contributed by atoms with Gasteiger partial charge in [-0.3, -0.25) is 4.68 Å². The predicted octanol–water partition coefficient (Wildman–Crippen LogP) is 0.643. The highest BCUT2D eigenvalue weighted by Gasteiger charge is 2.12. The molecule has 1 aromatic carbocycles. The van der Waals surface area contributed by atoms with Gasteiger partial charge in [-0.25, -0.2) is 4.79 Å². The van der Waals surface area contributed by atoms with E-state index in [4.69, 9.17) is 14.9 Å². The van der Waals surface area contributed by atoms with Crippen LogP contribution >= 0.6 is 0 Å². The molecule has 2 N–H and O–H groups in total. The maximum atomic E-state index is 10.8. The Morgan fingerprint density at radius 3 is 2.94 bits per heavy atom. The SMILES string of the molecule is Cn1nc(OCCO)c2ccc(C(=O)O)cc21. The van der Waals surface area contributed by atoms with Crippen molar-refractivity contribution in [1.29, 1.82) is 0 Å². The van der Waals surface area contributed by atoms with E-state index in [9.17, 15) is 4.79 Å². The number of carbonyl (C=O) groups is 1. The maximum absolute atomic E-state index is 10.8. The summed E-state index contributed by atoms with van der Waals surface area (Å²) in [7, 11) is 1.71. The Bertz CT molecular complexity index is 562. The number of aromatic carboxylic acids is 1. The van der Waals surface area contributed by atoms with E-state index in [1.807, 2.05) is 0 Å². The fraction of sp³-hybridized carbons (Fsp3) is 0.273. The number of rotatable bonds is 4. The van der Waals surface area contributed by atoms with Gasteiger partial charge in [0.1, 0.15) is 6.61 Å². The molecule has 0 aliphatic heterocycles. The zero-order valence-electron chi connectivity index (χ0n) is 9.25. The molecule has 0 bridgehead atoms. The normalized spacial score (nSPS) is 10.7. The van der Waals surface area contributed by atoms with E-state index >= 15 is 0 Å². The maximum Gasteiger partial charge on any atom is 0.335 e. The number of aliphatic hydroxyl groups is 1. The molecule has 1 aromatic heterocycles. The van der Waals surface area contributed by atoms with Gasteiger partial charge in [-0.2, -0.15) is 0 Å². The van der Waals surface area contributed by atoms with Crippen LogP contribution in [0.15, 0.2) is 18.2 Å². The Balaban J connectivity index is 2.49. The first-order chi connectivity index (χ1) is 8.13. The van der Waals surface area contributed by atoms with Gasteiger partial charge in [0.2, 0.25) is 5.88 Å². The van der Waals surface area contributed by atoms with Gasteiger partial charge in [-0.1, -0.05) is 0 Å². The highest BCUT2D eigenvalue weighted by Crippen LogP contribution is 2.25. The van der Waals surface area contributed by atoms with Crippen LogP contribution in [-0.2, 0) is 7.05 Å². The van der Waals surface area contributed by atoms with E-state index in [1.54, 1.807) is 17.8 Å². The van der Waals surface area contributed by atoms with Gasteiger partial charge >= 0.3 is 5.97 Å². The largest absolute Gasteiger partial charge is 0.478 e. The van der Waals surface area contributed by atoms with Crippen LogP contribution in [-0.4, -0.2) is 39.2 Å². The Labute approximate surface area is 97.0 Å². The molecule has 0 aliphatic rings. The minimum atomic E-state index is -0.981. The van der Waals surface area contributed by atoms with Gasteiger partial charge in [0.15, 0.2) is 0 Å². The zero-order chi connectivity index (χ0) is 12.4. The number of carboxylic acid groups (broad SMARTS) is 1. The first-order valence-electron chi connectivity index (χ1n) is 5.07. The molecule has 0 saturated heterocycles. The van der Waals surface area contributed by atoms with Gasteiger partial charge in [0, 0.05) is 7.05 Å². The third-order valence-corrected chi connectivity index (χ3v) is 2.39. The van der Waals surface area contributed by atoms with Crippen LogP contribution in [0.25, 0.3) is 10.9 Å². The van der Waals surface area contributed by atoms with Crippen LogP contribution in [0, 0.1) is 0 Å². The number of hydrogen-bond acceptors (Lipinski definition) is 4. The summed E-state index contributed by atoms with van der Waals surface area (Å²) < 4.78 is 6.81. The van der Waals surface area contributed by atoms with Crippen molar-refractivity contribution < 1.29 is 19.7 Å². The number of aromatic nitrogens is 2. The lowest BCUT2D eigenvalue weighted by molar-refractivity contribution is 0.0697. The lowest BCUT2D eigenvalue weighted by Crippen LogP contribution is -2.02. The van der Waals surface area contributed by atoms with E-state index in [-0.39, 0.29) is 18.8 Å². The molecular weight excluding hydrogens is 224 g/mol. The Hall–Kier alpha value is -2.08. The third-order valence-electron chi connectivity index (χ3n) is 2.39. The van der Waals surface area contributed by atoms with E-state index in [2.05, 4.69) is 5.10 Å². The van der Waals surface area contributed by atoms with Gasteiger partial charge in [0.25, 0.3) is 0 Å². The fourth-order valence-corrected chi connectivity index (χ4v) is 1.61. The molecule has 6 nitrogen and oxygen atoms in total. The van der Waals surface area contributed by atoms with Crippen molar-refractivity contribution in [3.05, 3.63) is 23.8 Å². The zero-order valence-corrected chi connectivity index (χ0v) is 9.25. The fourth-order valence-electron chi connectivity index (χ4n) is 1.61. The number of nitrogens with zero attached hydrogens (tertiary/aromatic N) is 2. The van der Waals surface area contributed by atoms with E-state index < -0.39 is 5.97 Å². The van der Waals surface area contributed by atoms with Crippen molar-refractivity contribution in [2.24, 2.45) is 7.05 Å². The van der Waals surface area contributed by atoms with Crippen molar-refractivity contribution in [3.8, 4) is 5.88 Å². The second kappa shape index (κ2) is 4.42. The first kappa shape index (κ1) is 11.4. The average molecular weight is 236 g/mol. The van der Waals surface area contributed by atoms with Crippen LogP contribution in [0.4, 0.5) is 0 Å². The quantitative estimate of drug-likeness (QED) is 0.813. The Morgan fingerprint density at radius 1 is 1.53 bits per heavy atom. The number of aliphatic hydroxyl groups excluding tert-OH is 1. The molecule has 90 valence electrons. The van der Waals surface area contributed by atoms with Crippen molar-refractivity contribution >= 4 is 16.9 Å². The Kier molecular flexibility index (Phi) is 2.97. The van der Waals surface area contributed by atoms with Crippen LogP contribution < -0.4 is 4.74 Å². The molecule has 0 radical (unpaired) electrons. The summed E-state index contributed by atoms with van der Waals surface area (Å²) in [5.74, 6) is -0.584. The number of fused-ring (bicyclic) bond motifs is 1. The van der Waals surface area contributed by atoms with Crippen LogP contribution in [0.3, 0.4) is 0 Å². The molecule has 0 fully saturated rings. The van der Waals surface area contributed by atoms with Gasteiger partial charge in [-0.15, -0.1) is 5.10 Å². The van der Waals surface area contributed by atoms with Crippen molar-refractivity contribution in [1.82, 2.24) is 9.78 Å². The number of hydrogen-bond donors (Lipinski definition) is 2. The van der Waals surface area contributed by atoms with Crippen LogP contribution in [0.5, 0.6) is 5.88 Å². The first-order valence-corrected chi connectivity index (χ1v) is 5.07. The molecule has 0 amide bonds. The second-order valence-electron chi connectivity index (χ2n) is 3.54. The highest BCUT2D eigenvalue weighted by atomic mass is 16.5. The summed E-state index contributed by atoms with van der Waals surface area (Å²) in [6, 6.07) is 4.69. The molecule has 2 rings (SSSR count). The van der Waals surface area contributed by atoms with Crippen molar-refractivity contribution in [2.45, 2.75) is 0 Å². The molecular formula is C11H12N2O4. The van der Waals surface area contributed by atoms with E-state index in [0.29, 0.717) is 11.4 Å². The van der Waals surface area contributed by atoms with Gasteiger partial charge < -0.3 is 14.9 Å². The lowest BCUT2D eigenvalue weighted by atomic mass is 10.1. The topological polar surface area (TPSA) is 84.6 Å². The molecule has 0 atom stereocenters. The standard InChI is InChI=1S/C11H12N2O4/c1-13-9-6-7(11(15)16)2-3-8(9)10(12-13)17-5-4-14/h2-3,6,14H,4-5H2,1H3,(H,15,16). The third kappa shape index (κ3) is 2.07. The molecule has 0 aliphatic carbocycles. The number of benzene rings is 1. The molecule has 1 heterocycles. The minimum Gasteiger partial charge on any atom is -0.478 e. The van der Waals surface area contributed by atoms with Gasteiger partial charge in [-0.05, 0) is 18.2 Å². The molecule has 2 aromatic rings. The molecule has 0 unspecified atom stereocenters. The Morgan fingerprint density at radius 2 is 2.29 bits per heavy atom. The molecule has 0 saturated carbocycles. The number of aryl methyl sites for hydroxylation is 1. The number of carboxylic acids is 1. The predicted molar refractivity (Wildman–Crippen MR) is 60.3 cm³/mol. The number of ether oxygens (including phenoxy) is 1. The smallest absolute Gasteiger partial charge is 0.335 e. The van der Waals surface area contributed by atoms with Crippen LogP contribution in [0.1, 0.15) is 10.4 Å². The summed E-state index contributed by atoms with van der Waals surface area (Å²) in [6.07, 6.45) is 0. The van der Waals surface area contributed by atoms with E-state index in [0.717, 1.165) is 5.39 Å². The van der Waals surface area contributed by atoms with Crippen molar-refractivity contribution in [3.63, 3.8) is 0 Å². The average Bonchev–Trinajstić information content (AvgIpc) is 2.63. The lowest BCUT2D eigenvalue weighted by Gasteiger charge is -1.99. The second-order valence-corrected chi connectivity index (χ2v) is 3.54. The summed E-state index contributed by atoms with van der Waals surface area (Å²) in [5, 5.41) is 22.4. The summed E-state index contributed by atoms with van der Waals surface area (Å²) in [5.41, 5.74) is 0.882. The molecule has 17 heavy (non-hydrogen) atoms. The van der Waals surface area contributed by atoms with Crippen molar-refractivity contribution in [2.75, 3.05) is 13.2 Å². The monoisotopic (exact) mass is 236 g/mol. The molecule has 0 spiro atoms. The summed E-state index contributed by atoms with van der Waals surface area (Å²) in [4.78, 5) is 10.8. The van der Waals surface area contributed by atoms with E-state index in [1.165, 1.54) is 12.1 Å². The summed E-state index contributed by atoms with van der Waals surface area (Å²) in [6.45, 7) is 0.0675. The summed E-state index contributed by atoms with van der Waals surface area (Å²) >= 11 is 0.